The summed E-state index contributed by atoms with van der Waals surface area (Å²) in [5, 5.41) is 3.05. The van der Waals surface area contributed by atoms with Gasteiger partial charge in [0.15, 0.2) is 0 Å². The number of rotatable bonds is 9. The number of nitrogens with zero attached hydrogens (tertiary/aromatic N) is 1. The van der Waals surface area contributed by atoms with Gasteiger partial charge >= 0.3 is 0 Å². The summed E-state index contributed by atoms with van der Waals surface area (Å²) < 4.78 is 0. The van der Waals surface area contributed by atoms with Gasteiger partial charge in [0.1, 0.15) is 0 Å². The minimum Gasteiger partial charge on any atom is -0.368 e. The van der Waals surface area contributed by atoms with Gasteiger partial charge in [-0.1, -0.05) is 27.2 Å². The molecule has 0 aliphatic carbocycles. The molecule has 4 heteroatoms. The molecule has 1 amide bonds. The number of carbonyl (C=O) groups is 1. The Labute approximate surface area is 112 Å². The first-order valence-corrected chi connectivity index (χ1v) is 7.03. The van der Waals surface area contributed by atoms with E-state index in [9.17, 15) is 4.79 Å². The van der Waals surface area contributed by atoms with E-state index in [0.717, 1.165) is 19.5 Å². The van der Waals surface area contributed by atoms with Crippen LogP contribution < -0.4 is 11.1 Å². The van der Waals surface area contributed by atoms with Gasteiger partial charge in [-0.05, 0) is 39.8 Å². The zero-order valence-corrected chi connectivity index (χ0v) is 12.9. The lowest BCUT2D eigenvalue weighted by Crippen LogP contribution is -2.55. The molecule has 18 heavy (non-hydrogen) atoms. The van der Waals surface area contributed by atoms with Crippen LogP contribution in [-0.4, -0.2) is 42.5 Å². The van der Waals surface area contributed by atoms with Crippen LogP contribution in [0.3, 0.4) is 0 Å². The number of nitrogens with two attached hydrogens (primary N) is 1. The molecular formula is C14H31N3O. The van der Waals surface area contributed by atoms with Crippen LogP contribution in [-0.2, 0) is 4.79 Å². The van der Waals surface area contributed by atoms with Gasteiger partial charge in [0.25, 0.3) is 0 Å². The van der Waals surface area contributed by atoms with E-state index in [1.165, 1.54) is 6.42 Å². The highest BCUT2D eigenvalue weighted by Gasteiger charge is 2.32. The summed E-state index contributed by atoms with van der Waals surface area (Å²) in [6.45, 7) is 12.8. The van der Waals surface area contributed by atoms with E-state index in [1.807, 2.05) is 6.92 Å². The molecule has 0 saturated carbocycles. The fourth-order valence-corrected chi connectivity index (χ4v) is 2.20. The molecule has 0 fully saturated rings. The van der Waals surface area contributed by atoms with Crippen molar-refractivity contribution in [1.29, 1.82) is 0 Å². The number of primary amides is 1. The van der Waals surface area contributed by atoms with Crippen molar-refractivity contribution in [3.63, 3.8) is 0 Å². The first kappa shape index (κ1) is 17.4. The van der Waals surface area contributed by atoms with Crippen molar-refractivity contribution in [1.82, 2.24) is 10.2 Å². The second-order valence-corrected chi connectivity index (χ2v) is 5.60. The van der Waals surface area contributed by atoms with Crippen LogP contribution in [0.15, 0.2) is 0 Å². The maximum atomic E-state index is 11.5. The van der Waals surface area contributed by atoms with Crippen LogP contribution in [0.5, 0.6) is 0 Å². The molecule has 0 aromatic heterocycles. The Balaban J connectivity index is 4.60. The molecule has 0 spiro atoms. The number of hydrogen-bond acceptors (Lipinski definition) is 3. The minimum absolute atomic E-state index is 0.281. The lowest BCUT2D eigenvalue weighted by Gasteiger charge is -2.36. The Morgan fingerprint density at radius 1 is 1.39 bits per heavy atom. The number of carbonyl (C=O) groups excluding carboxylic acids is 1. The van der Waals surface area contributed by atoms with Gasteiger partial charge < -0.3 is 16.0 Å². The molecule has 0 aromatic rings. The SMILES string of the molecule is CCC(C)CN(CC)C(C)CC(C)(NC)C(N)=O. The summed E-state index contributed by atoms with van der Waals surface area (Å²) in [6, 6.07) is 0.342. The van der Waals surface area contributed by atoms with Gasteiger partial charge in [0, 0.05) is 12.6 Å². The lowest BCUT2D eigenvalue weighted by atomic mass is 9.92. The van der Waals surface area contributed by atoms with Crippen molar-refractivity contribution in [2.45, 2.75) is 59.0 Å². The Bertz CT molecular complexity index is 257. The highest BCUT2D eigenvalue weighted by molar-refractivity contribution is 5.84. The molecule has 0 aliphatic rings. The number of amides is 1. The molecule has 3 unspecified atom stereocenters. The second-order valence-electron chi connectivity index (χ2n) is 5.60. The third kappa shape index (κ3) is 4.94. The molecule has 0 heterocycles. The summed E-state index contributed by atoms with van der Waals surface area (Å²) in [5.41, 5.74) is 4.86. The van der Waals surface area contributed by atoms with Gasteiger partial charge in [-0.15, -0.1) is 0 Å². The molecule has 3 atom stereocenters. The maximum Gasteiger partial charge on any atom is 0.237 e. The lowest BCUT2D eigenvalue weighted by molar-refractivity contribution is -0.124. The zero-order valence-electron chi connectivity index (χ0n) is 12.9. The van der Waals surface area contributed by atoms with Crippen LogP contribution in [0.1, 0.15) is 47.5 Å². The van der Waals surface area contributed by atoms with Crippen LogP contribution >= 0.6 is 0 Å². The van der Waals surface area contributed by atoms with Crippen LogP contribution in [0.4, 0.5) is 0 Å². The molecule has 108 valence electrons. The first-order valence-electron chi connectivity index (χ1n) is 7.03. The molecule has 0 rings (SSSR count). The van der Waals surface area contributed by atoms with Crippen LogP contribution in [0.2, 0.25) is 0 Å². The first-order chi connectivity index (χ1) is 8.30. The van der Waals surface area contributed by atoms with Crippen molar-refractivity contribution in [3.05, 3.63) is 0 Å². The summed E-state index contributed by atoms with van der Waals surface area (Å²) in [4.78, 5) is 13.9. The van der Waals surface area contributed by atoms with E-state index in [2.05, 4.69) is 37.9 Å². The Morgan fingerprint density at radius 2 is 1.94 bits per heavy atom. The van der Waals surface area contributed by atoms with Crippen molar-refractivity contribution in [3.8, 4) is 0 Å². The molecule has 4 nitrogen and oxygen atoms in total. The van der Waals surface area contributed by atoms with Crippen molar-refractivity contribution < 1.29 is 4.79 Å². The van der Waals surface area contributed by atoms with E-state index in [0.29, 0.717) is 12.0 Å². The third-order valence-electron chi connectivity index (χ3n) is 4.07. The molecule has 0 aliphatic heterocycles. The smallest absolute Gasteiger partial charge is 0.237 e. The van der Waals surface area contributed by atoms with Crippen molar-refractivity contribution in [2.75, 3.05) is 20.1 Å². The average molecular weight is 257 g/mol. The Morgan fingerprint density at radius 3 is 2.28 bits per heavy atom. The number of nitrogens with one attached hydrogen (secondary N) is 1. The fourth-order valence-electron chi connectivity index (χ4n) is 2.20. The van der Waals surface area contributed by atoms with Gasteiger partial charge in [0.2, 0.25) is 5.91 Å². The highest BCUT2D eigenvalue weighted by atomic mass is 16.1. The van der Waals surface area contributed by atoms with Gasteiger partial charge in [-0.2, -0.15) is 0 Å². The predicted molar refractivity (Wildman–Crippen MR) is 77.4 cm³/mol. The van der Waals surface area contributed by atoms with E-state index in [-0.39, 0.29) is 5.91 Å². The summed E-state index contributed by atoms with van der Waals surface area (Å²) in [5.74, 6) is 0.401. The molecule has 0 bridgehead atoms. The number of hydrogen-bond donors (Lipinski definition) is 2. The van der Waals surface area contributed by atoms with E-state index in [4.69, 9.17) is 5.73 Å². The third-order valence-corrected chi connectivity index (χ3v) is 4.07. The molecule has 0 aromatic carbocycles. The van der Waals surface area contributed by atoms with E-state index in [1.54, 1.807) is 7.05 Å². The van der Waals surface area contributed by atoms with Gasteiger partial charge in [-0.25, -0.2) is 0 Å². The molecular weight excluding hydrogens is 226 g/mol. The van der Waals surface area contributed by atoms with Gasteiger partial charge in [0.05, 0.1) is 5.54 Å². The van der Waals surface area contributed by atoms with Crippen molar-refractivity contribution >= 4 is 5.91 Å². The normalized spacial score (nSPS) is 18.4. The standard InChI is InChI=1S/C14H31N3O/c1-7-11(3)10-17(8-2)12(4)9-14(5,16-6)13(15)18/h11-12,16H,7-10H2,1-6H3,(H2,15,18). The van der Waals surface area contributed by atoms with E-state index >= 15 is 0 Å². The molecule has 3 N–H and O–H groups in total. The maximum absolute atomic E-state index is 11.5. The van der Waals surface area contributed by atoms with Gasteiger partial charge in [-0.3, -0.25) is 4.79 Å². The minimum atomic E-state index is -0.623. The second kappa shape index (κ2) is 7.74. The fraction of sp³-hybridized carbons (Fsp3) is 0.929. The Hall–Kier alpha value is -0.610. The topological polar surface area (TPSA) is 58.4 Å². The monoisotopic (exact) mass is 257 g/mol. The summed E-state index contributed by atoms with van der Waals surface area (Å²) in [6.07, 6.45) is 1.92. The summed E-state index contributed by atoms with van der Waals surface area (Å²) in [7, 11) is 1.79. The number of likely N-dealkylation sites (N-methyl/N-ethyl adjacent to an activating group) is 1. The largest absolute Gasteiger partial charge is 0.368 e. The van der Waals surface area contributed by atoms with E-state index < -0.39 is 5.54 Å². The molecule has 0 saturated heterocycles. The Kier molecular flexibility index (Phi) is 7.48. The van der Waals surface area contributed by atoms with Crippen LogP contribution in [0, 0.1) is 5.92 Å². The molecule has 0 radical (unpaired) electrons. The zero-order chi connectivity index (χ0) is 14.3. The summed E-state index contributed by atoms with van der Waals surface area (Å²) >= 11 is 0. The highest BCUT2D eigenvalue weighted by Crippen LogP contribution is 2.17. The van der Waals surface area contributed by atoms with Crippen molar-refractivity contribution in [2.24, 2.45) is 11.7 Å². The van der Waals surface area contributed by atoms with Crippen LogP contribution in [0.25, 0.3) is 0 Å². The predicted octanol–water partition coefficient (Wildman–Crippen LogP) is 1.60. The average Bonchev–Trinajstić information content (AvgIpc) is 2.34. The quantitative estimate of drug-likeness (QED) is 0.659.